The van der Waals surface area contributed by atoms with Crippen LogP contribution in [0.4, 0.5) is 5.82 Å². The van der Waals surface area contributed by atoms with E-state index in [9.17, 15) is 9.59 Å². The highest BCUT2D eigenvalue weighted by Gasteiger charge is 2.46. The third-order valence-electron chi connectivity index (χ3n) is 3.04. The molecular formula is C15H16N2O3. The number of amides is 2. The number of aliphatic hydroxyl groups excluding tert-OH is 1. The largest absolute Gasteiger partial charge is 0.395 e. The molecule has 0 radical (unpaired) electrons. The van der Waals surface area contributed by atoms with Crippen LogP contribution in [-0.2, 0) is 9.59 Å². The fourth-order valence-corrected chi connectivity index (χ4v) is 2.01. The van der Waals surface area contributed by atoms with Crippen LogP contribution in [0.25, 0.3) is 0 Å². The fraction of sp³-hybridized carbons (Fsp3) is 0.400. The zero-order valence-electron chi connectivity index (χ0n) is 11.5. The van der Waals surface area contributed by atoms with Crippen molar-refractivity contribution < 1.29 is 14.7 Å². The molecule has 1 fully saturated rings. The Morgan fingerprint density at radius 3 is 2.75 bits per heavy atom. The zero-order chi connectivity index (χ0) is 14.8. The quantitative estimate of drug-likeness (QED) is 0.646. The molecule has 1 saturated heterocycles. The number of pyridine rings is 1. The Labute approximate surface area is 117 Å². The van der Waals surface area contributed by atoms with E-state index in [1.54, 1.807) is 32.0 Å². The van der Waals surface area contributed by atoms with Gasteiger partial charge in [-0.1, -0.05) is 25.8 Å². The van der Waals surface area contributed by atoms with Gasteiger partial charge < -0.3 is 5.11 Å². The molecule has 1 aromatic heterocycles. The topological polar surface area (TPSA) is 70.5 Å². The smallest absolute Gasteiger partial charge is 0.241 e. The average Bonchev–Trinajstić information content (AvgIpc) is 2.59. The van der Waals surface area contributed by atoms with Crippen LogP contribution in [0.1, 0.15) is 32.4 Å². The van der Waals surface area contributed by atoms with Gasteiger partial charge in [-0.3, -0.25) is 9.59 Å². The standard InChI is InChI=1S/C15H16N2O3/c1-15(2)10-13(19)17(14(15)20)12-8-5-7-11(16-12)6-3-4-9-18/h5,7-8,18H,4,9-10H2,1-2H3. The number of aromatic nitrogens is 1. The molecule has 0 bridgehead atoms. The van der Waals surface area contributed by atoms with Gasteiger partial charge in [0, 0.05) is 12.8 Å². The summed E-state index contributed by atoms with van der Waals surface area (Å²) in [6.07, 6.45) is 0.550. The third kappa shape index (κ3) is 2.70. The van der Waals surface area contributed by atoms with Gasteiger partial charge in [-0.15, -0.1) is 0 Å². The van der Waals surface area contributed by atoms with Crippen molar-refractivity contribution >= 4 is 17.6 Å². The van der Waals surface area contributed by atoms with Crippen LogP contribution in [0.5, 0.6) is 0 Å². The van der Waals surface area contributed by atoms with Gasteiger partial charge in [-0.2, -0.15) is 0 Å². The number of nitrogens with zero attached hydrogens (tertiary/aromatic N) is 2. The summed E-state index contributed by atoms with van der Waals surface area (Å²) in [5.74, 6) is 5.37. The highest BCUT2D eigenvalue weighted by molar-refractivity contribution is 6.21. The first kappa shape index (κ1) is 14.2. The number of hydrogen-bond acceptors (Lipinski definition) is 4. The summed E-state index contributed by atoms with van der Waals surface area (Å²) < 4.78 is 0. The zero-order valence-corrected chi connectivity index (χ0v) is 11.5. The van der Waals surface area contributed by atoms with E-state index in [0.717, 1.165) is 4.90 Å². The molecule has 0 unspecified atom stereocenters. The molecule has 0 aliphatic carbocycles. The predicted molar refractivity (Wildman–Crippen MR) is 73.7 cm³/mol. The molecule has 2 amide bonds. The van der Waals surface area contributed by atoms with Crippen molar-refractivity contribution in [1.29, 1.82) is 0 Å². The van der Waals surface area contributed by atoms with E-state index in [-0.39, 0.29) is 24.8 Å². The Morgan fingerprint density at radius 1 is 1.40 bits per heavy atom. The van der Waals surface area contributed by atoms with Crippen LogP contribution in [0.2, 0.25) is 0 Å². The first-order chi connectivity index (χ1) is 9.45. The van der Waals surface area contributed by atoms with Gasteiger partial charge in [-0.25, -0.2) is 9.88 Å². The van der Waals surface area contributed by atoms with Gasteiger partial charge in [0.25, 0.3) is 0 Å². The van der Waals surface area contributed by atoms with E-state index in [1.807, 2.05) is 0 Å². The third-order valence-corrected chi connectivity index (χ3v) is 3.04. The molecule has 1 aliphatic heterocycles. The second kappa shape index (κ2) is 5.43. The summed E-state index contributed by atoms with van der Waals surface area (Å²) in [7, 11) is 0. The van der Waals surface area contributed by atoms with Gasteiger partial charge >= 0.3 is 0 Å². The van der Waals surface area contributed by atoms with E-state index in [4.69, 9.17) is 5.11 Å². The first-order valence-electron chi connectivity index (χ1n) is 6.40. The van der Waals surface area contributed by atoms with E-state index in [2.05, 4.69) is 16.8 Å². The highest BCUT2D eigenvalue weighted by atomic mass is 16.2. The Morgan fingerprint density at radius 2 is 2.15 bits per heavy atom. The lowest BCUT2D eigenvalue weighted by Gasteiger charge is -2.16. The lowest BCUT2D eigenvalue weighted by Crippen LogP contribution is -2.33. The Balaban J connectivity index is 2.31. The molecule has 5 heteroatoms. The molecule has 1 aliphatic rings. The summed E-state index contributed by atoms with van der Waals surface area (Å²) in [5, 5.41) is 8.68. The number of carbonyl (C=O) groups is 2. The molecule has 2 rings (SSSR count). The molecule has 2 heterocycles. The molecule has 5 nitrogen and oxygen atoms in total. The second-order valence-corrected chi connectivity index (χ2v) is 5.25. The molecule has 20 heavy (non-hydrogen) atoms. The minimum atomic E-state index is -0.683. The molecular weight excluding hydrogens is 256 g/mol. The summed E-state index contributed by atoms with van der Waals surface area (Å²) in [6, 6.07) is 5.02. The van der Waals surface area contributed by atoms with Crippen LogP contribution in [0.3, 0.4) is 0 Å². The lowest BCUT2D eigenvalue weighted by molar-refractivity contribution is -0.124. The highest BCUT2D eigenvalue weighted by Crippen LogP contribution is 2.34. The number of hydrogen-bond donors (Lipinski definition) is 1. The van der Waals surface area contributed by atoms with Gasteiger partial charge in [0.15, 0.2) is 0 Å². The minimum Gasteiger partial charge on any atom is -0.395 e. The monoisotopic (exact) mass is 272 g/mol. The van der Waals surface area contributed by atoms with Crippen molar-refractivity contribution in [3.8, 4) is 11.8 Å². The van der Waals surface area contributed by atoms with Crippen LogP contribution in [-0.4, -0.2) is 28.5 Å². The molecule has 0 spiro atoms. The van der Waals surface area contributed by atoms with Gasteiger partial charge in [0.1, 0.15) is 11.5 Å². The normalized spacial score (nSPS) is 17.1. The van der Waals surface area contributed by atoms with E-state index < -0.39 is 5.41 Å². The van der Waals surface area contributed by atoms with E-state index in [0.29, 0.717) is 17.9 Å². The number of anilines is 1. The molecule has 104 valence electrons. The lowest BCUT2D eigenvalue weighted by atomic mass is 9.92. The predicted octanol–water partition coefficient (Wildman–Crippen LogP) is 1.10. The number of aliphatic hydroxyl groups is 1. The van der Waals surface area contributed by atoms with Gasteiger partial charge in [-0.05, 0) is 18.1 Å². The van der Waals surface area contributed by atoms with Crippen molar-refractivity contribution in [2.24, 2.45) is 5.41 Å². The number of imide groups is 1. The van der Waals surface area contributed by atoms with Crippen LogP contribution in [0.15, 0.2) is 18.2 Å². The van der Waals surface area contributed by atoms with E-state index in [1.165, 1.54) is 0 Å². The Bertz CT molecular complexity index is 611. The van der Waals surface area contributed by atoms with Crippen LogP contribution in [0, 0.1) is 17.3 Å². The molecule has 0 saturated carbocycles. The van der Waals surface area contributed by atoms with Crippen molar-refractivity contribution in [3.63, 3.8) is 0 Å². The molecule has 1 N–H and O–H groups in total. The van der Waals surface area contributed by atoms with Crippen molar-refractivity contribution in [3.05, 3.63) is 23.9 Å². The van der Waals surface area contributed by atoms with Crippen molar-refractivity contribution in [2.45, 2.75) is 26.7 Å². The van der Waals surface area contributed by atoms with Crippen LogP contribution >= 0.6 is 0 Å². The molecule has 1 aromatic rings. The maximum atomic E-state index is 12.2. The first-order valence-corrected chi connectivity index (χ1v) is 6.40. The van der Waals surface area contributed by atoms with Crippen molar-refractivity contribution in [1.82, 2.24) is 4.98 Å². The Kier molecular flexibility index (Phi) is 3.86. The number of rotatable bonds is 2. The minimum absolute atomic E-state index is 0.00994. The van der Waals surface area contributed by atoms with Crippen LogP contribution < -0.4 is 4.90 Å². The Hall–Kier alpha value is -2.19. The van der Waals surface area contributed by atoms with Gasteiger partial charge in [0.2, 0.25) is 11.8 Å². The van der Waals surface area contributed by atoms with Crippen molar-refractivity contribution in [2.75, 3.05) is 11.5 Å². The molecule has 0 aromatic carbocycles. The fourth-order valence-electron chi connectivity index (χ4n) is 2.01. The SMILES string of the molecule is CC1(C)CC(=O)N(c2cccc(C#CCCO)n2)C1=O. The summed E-state index contributed by atoms with van der Waals surface area (Å²) in [4.78, 5) is 29.5. The summed E-state index contributed by atoms with van der Waals surface area (Å²) >= 11 is 0. The molecule has 0 atom stereocenters. The average molecular weight is 272 g/mol. The second-order valence-electron chi connectivity index (χ2n) is 5.25. The van der Waals surface area contributed by atoms with E-state index >= 15 is 0 Å². The van der Waals surface area contributed by atoms with Gasteiger partial charge in [0.05, 0.1) is 12.0 Å². The maximum Gasteiger partial charge on any atom is 0.241 e. The summed E-state index contributed by atoms with van der Waals surface area (Å²) in [5.41, 5.74) is -0.210. The summed E-state index contributed by atoms with van der Waals surface area (Å²) in [6.45, 7) is 3.49. The maximum absolute atomic E-state index is 12.2. The number of carbonyl (C=O) groups excluding carboxylic acids is 2.